The Bertz CT molecular complexity index is 579. The number of rotatable bonds is 3. The number of carbonyl (C=O) groups excluding carboxylic acids is 2. The topological polar surface area (TPSA) is 52.7 Å². The normalized spacial score (nSPS) is 15.3. The molecule has 1 aliphatic rings. The van der Waals surface area contributed by atoms with Crippen molar-refractivity contribution in [2.45, 2.75) is 19.5 Å². The van der Waals surface area contributed by atoms with Crippen LogP contribution >= 0.6 is 0 Å². The quantitative estimate of drug-likeness (QED) is 0.914. The third-order valence-electron chi connectivity index (χ3n) is 3.88. The largest absolute Gasteiger partial charge is 0.416 e. The molecule has 1 heterocycles. The molecule has 1 aliphatic heterocycles. The first kappa shape index (κ1) is 18.1. The van der Waals surface area contributed by atoms with Crippen LogP contribution in [0.4, 0.5) is 18.0 Å². The van der Waals surface area contributed by atoms with E-state index in [1.807, 2.05) is 6.92 Å². The van der Waals surface area contributed by atoms with E-state index >= 15 is 0 Å². The van der Waals surface area contributed by atoms with E-state index in [1.165, 1.54) is 12.1 Å². The molecule has 132 valence electrons. The van der Waals surface area contributed by atoms with Crippen LogP contribution in [0.1, 0.15) is 18.1 Å². The maximum atomic E-state index is 12.5. The highest BCUT2D eigenvalue weighted by Gasteiger charge is 2.30. The van der Waals surface area contributed by atoms with Gasteiger partial charge in [0.05, 0.1) is 12.0 Å². The van der Waals surface area contributed by atoms with Crippen molar-refractivity contribution < 1.29 is 22.8 Å². The second kappa shape index (κ2) is 7.55. The van der Waals surface area contributed by atoms with E-state index in [-0.39, 0.29) is 18.4 Å². The zero-order chi connectivity index (χ0) is 17.7. The van der Waals surface area contributed by atoms with Crippen molar-refractivity contribution in [3.05, 3.63) is 35.4 Å². The SMILES string of the molecule is CCNC(=O)N1CCN(C(=O)Cc2ccc(C(F)(F)F)cc2)CC1. The molecule has 0 atom stereocenters. The zero-order valence-corrected chi connectivity index (χ0v) is 13.4. The third kappa shape index (κ3) is 4.62. The van der Waals surface area contributed by atoms with Gasteiger partial charge in [0.25, 0.3) is 0 Å². The molecule has 0 aromatic heterocycles. The van der Waals surface area contributed by atoms with Gasteiger partial charge >= 0.3 is 12.2 Å². The lowest BCUT2D eigenvalue weighted by molar-refractivity contribution is -0.137. The molecule has 1 fully saturated rings. The van der Waals surface area contributed by atoms with Gasteiger partial charge in [-0.25, -0.2) is 4.79 Å². The molecule has 24 heavy (non-hydrogen) atoms. The average molecular weight is 343 g/mol. The van der Waals surface area contributed by atoms with Gasteiger partial charge in [0.15, 0.2) is 0 Å². The van der Waals surface area contributed by atoms with Crippen LogP contribution in [0.5, 0.6) is 0 Å². The molecular formula is C16H20F3N3O2. The van der Waals surface area contributed by atoms with Crippen molar-refractivity contribution in [1.82, 2.24) is 15.1 Å². The molecule has 0 spiro atoms. The Kier molecular flexibility index (Phi) is 5.69. The summed E-state index contributed by atoms with van der Waals surface area (Å²) in [6.07, 6.45) is -4.32. The molecule has 0 radical (unpaired) electrons. The number of amides is 3. The summed E-state index contributed by atoms with van der Waals surface area (Å²) in [5.74, 6) is -0.148. The molecule has 1 saturated heterocycles. The molecule has 3 amide bonds. The predicted molar refractivity (Wildman–Crippen MR) is 82.4 cm³/mol. The van der Waals surface area contributed by atoms with Gasteiger partial charge in [-0.05, 0) is 24.6 Å². The average Bonchev–Trinajstić information content (AvgIpc) is 2.55. The van der Waals surface area contributed by atoms with Gasteiger partial charge in [-0.2, -0.15) is 13.2 Å². The van der Waals surface area contributed by atoms with Crippen LogP contribution in [0.2, 0.25) is 0 Å². The second-order valence-corrected chi connectivity index (χ2v) is 5.57. The Hall–Kier alpha value is -2.25. The number of hydrogen-bond acceptors (Lipinski definition) is 2. The van der Waals surface area contributed by atoms with Crippen LogP contribution in [-0.4, -0.2) is 54.5 Å². The number of urea groups is 1. The second-order valence-electron chi connectivity index (χ2n) is 5.57. The van der Waals surface area contributed by atoms with Gasteiger partial charge in [-0.15, -0.1) is 0 Å². The number of hydrogen-bond donors (Lipinski definition) is 1. The first-order valence-corrected chi connectivity index (χ1v) is 7.78. The predicted octanol–water partition coefficient (Wildman–Crippen LogP) is 2.12. The van der Waals surface area contributed by atoms with Crippen LogP contribution in [-0.2, 0) is 17.4 Å². The van der Waals surface area contributed by atoms with E-state index in [0.29, 0.717) is 38.3 Å². The maximum absolute atomic E-state index is 12.5. The minimum Gasteiger partial charge on any atom is -0.339 e. The summed E-state index contributed by atoms with van der Waals surface area (Å²) in [6, 6.07) is 4.47. The van der Waals surface area contributed by atoms with E-state index in [9.17, 15) is 22.8 Å². The number of alkyl halides is 3. The summed E-state index contributed by atoms with van der Waals surface area (Å²) in [6.45, 7) is 4.13. The third-order valence-corrected chi connectivity index (χ3v) is 3.88. The van der Waals surface area contributed by atoms with E-state index in [2.05, 4.69) is 5.32 Å². The summed E-state index contributed by atoms with van der Waals surface area (Å²) in [5, 5.41) is 2.71. The minimum absolute atomic E-state index is 0.0549. The van der Waals surface area contributed by atoms with E-state index in [1.54, 1.807) is 9.80 Å². The highest BCUT2D eigenvalue weighted by atomic mass is 19.4. The molecular weight excluding hydrogens is 323 g/mol. The van der Waals surface area contributed by atoms with Crippen LogP contribution in [0.3, 0.4) is 0 Å². The number of piperazine rings is 1. The van der Waals surface area contributed by atoms with Gasteiger partial charge < -0.3 is 15.1 Å². The van der Waals surface area contributed by atoms with Gasteiger partial charge in [0.2, 0.25) is 5.91 Å². The molecule has 1 aromatic rings. The standard InChI is InChI=1S/C16H20F3N3O2/c1-2-20-15(24)22-9-7-21(8-10-22)14(23)11-12-3-5-13(6-4-12)16(17,18)19/h3-6H,2,7-11H2,1H3,(H,20,24). The van der Waals surface area contributed by atoms with Crippen molar-refractivity contribution >= 4 is 11.9 Å². The fraction of sp³-hybridized carbons (Fsp3) is 0.500. The smallest absolute Gasteiger partial charge is 0.339 e. The summed E-state index contributed by atoms with van der Waals surface area (Å²) in [4.78, 5) is 27.2. The number of halogens is 3. The maximum Gasteiger partial charge on any atom is 0.416 e. The van der Waals surface area contributed by atoms with Crippen molar-refractivity contribution in [2.24, 2.45) is 0 Å². The molecule has 0 unspecified atom stereocenters. The molecule has 0 saturated carbocycles. The Labute approximate surface area is 138 Å². The van der Waals surface area contributed by atoms with E-state index in [4.69, 9.17) is 0 Å². The van der Waals surface area contributed by atoms with Crippen LogP contribution < -0.4 is 5.32 Å². The Balaban J connectivity index is 1.86. The molecule has 5 nitrogen and oxygen atoms in total. The van der Waals surface area contributed by atoms with Crippen molar-refractivity contribution in [1.29, 1.82) is 0 Å². The van der Waals surface area contributed by atoms with E-state index in [0.717, 1.165) is 12.1 Å². The highest BCUT2D eigenvalue weighted by Crippen LogP contribution is 2.29. The molecule has 1 N–H and O–H groups in total. The molecule has 2 rings (SSSR count). The Morgan fingerprint density at radius 3 is 2.08 bits per heavy atom. The lowest BCUT2D eigenvalue weighted by Crippen LogP contribution is -2.53. The first-order valence-electron chi connectivity index (χ1n) is 7.78. The molecule has 0 bridgehead atoms. The van der Waals surface area contributed by atoms with Crippen molar-refractivity contribution in [3.8, 4) is 0 Å². The van der Waals surface area contributed by atoms with Crippen molar-refractivity contribution in [2.75, 3.05) is 32.7 Å². The summed E-state index contributed by atoms with van der Waals surface area (Å²) in [7, 11) is 0. The van der Waals surface area contributed by atoms with E-state index < -0.39 is 11.7 Å². The van der Waals surface area contributed by atoms with Crippen LogP contribution in [0.15, 0.2) is 24.3 Å². The van der Waals surface area contributed by atoms with Gasteiger partial charge in [-0.1, -0.05) is 12.1 Å². The number of carbonyl (C=O) groups is 2. The number of nitrogens with one attached hydrogen (secondary N) is 1. The first-order chi connectivity index (χ1) is 11.3. The van der Waals surface area contributed by atoms with Crippen molar-refractivity contribution in [3.63, 3.8) is 0 Å². The van der Waals surface area contributed by atoms with Gasteiger partial charge in [-0.3, -0.25) is 4.79 Å². The fourth-order valence-corrected chi connectivity index (χ4v) is 2.52. The summed E-state index contributed by atoms with van der Waals surface area (Å²) in [5.41, 5.74) is -0.187. The Morgan fingerprint density at radius 1 is 1.04 bits per heavy atom. The molecule has 0 aliphatic carbocycles. The summed E-state index contributed by atoms with van der Waals surface area (Å²) >= 11 is 0. The van der Waals surface area contributed by atoms with Gasteiger partial charge in [0.1, 0.15) is 0 Å². The summed E-state index contributed by atoms with van der Waals surface area (Å²) < 4.78 is 37.6. The Morgan fingerprint density at radius 2 is 1.58 bits per heavy atom. The fourth-order valence-electron chi connectivity index (χ4n) is 2.52. The van der Waals surface area contributed by atoms with Gasteiger partial charge in [0, 0.05) is 32.7 Å². The zero-order valence-electron chi connectivity index (χ0n) is 13.4. The number of benzene rings is 1. The van der Waals surface area contributed by atoms with Crippen LogP contribution in [0, 0.1) is 0 Å². The van der Waals surface area contributed by atoms with Crippen LogP contribution in [0.25, 0.3) is 0 Å². The minimum atomic E-state index is -4.38. The molecule has 1 aromatic carbocycles. The monoisotopic (exact) mass is 343 g/mol. The lowest BCUT2D eigenvalue weighted by atomic mass is 10.1. The molecule has 8 heteroatoms. The highest BCUT2D eigenvalue weighted by molar-refractivity contribution is 5.79. The lowest BCUT2D eigenvalue weighted by Gasteiger charge is -2.34. The number of nitrogens with zero attached hydrogens (tertiary/aromatic N) is 2.